The van der Waals surface area contributed by atoms with Gasteiger partial charge in [0.25, 0.3) is 0 Å². The molecule has 0 heterocycles. The number of benzene rings is 1. The number of hydrazine groups is 1. The van der Waals surface area contributed by atoms with Crippen LogP contribution in [0.4, 0.5) is 0 Å². The molecule has 0 saturated heterocycles. The van der Waals surface area contributed by atoms with Crippen molar-refractivity contribution in [2.45, 2.75) is 32.2 Å². The number of ether oxygens (including phenoxy) is 1. The van der Waals surface area contributed by atoms with Gasteiger partial charge in [-0.2, -0.15) is 0 Å². The molecule has 8 heteroatoms. The molecule has 1 rings (SSSR count). The van der Waals surface area contributed by atoms with Crippen molar-refractivity contribution < 1.29 is 23.9 Å². The van der Waals surface area contributed by atoms with Gasteiger partial charge < -0.3 is 10.1 Å². The SMILES string of the molecule is COC(=O)CCC(=O)NNC(=O)CCC(=O)NCc1ccccc1. The Labute approximate surface area is 139 Å². The number of carbonyl (C=O) groups is 4. The number of nitrogens with one attached hydrogen (secondary N) is 3. The summed E-state index contributed by atoms with van der Waals surface area (Å²) in [6, 6.07) is 9.40. The number of carbonyl (C=O) groups excluding carboxylic acids is 4. The van der Waals surface area contributed by atoms with E-state index in [0.717, 1.165) is 5.56 Å². The predicted octanol–water partition coefficient (Wildman–Crippen LogP) is 0.184. The van der Waals surface area contributed by atoms with Crippen LogP contribution in [0.15, 0.2) is 30.3 Å². The average Bonchev–Trinajstić information content (AvgIpc) is 2.61. The smallest absolute Gasteiger partial charge is 0.306 e. The summed E-state index contributed by atoms with van der Waals surface area (Å²) in [6.45, 7) is 0.394. The van der Waals surface area contributed by atoms with E-state index in [1.54, 1.807) is 0 Å². The maximum absolute atomic E-state index is 11.6. The molecular weight excluding hydrogens is 314 g/mol. The van der Waals surface area contributed by atoms with E-state index in [2.05, 4.69) is 20.9 Å². The summed E-state index contributed by atoms with van der Waals surface area (Å²) < 4.78 is 4.40. The zero-order valence-electron chi connectivity index (χ0n) is 13.5. The minimum atomic E-state index is -0.512. The minimum Gasteiger partial charge on any atom is -0.469 e. The highest BCUT2D eigenvalue weighted by atomic mass is 16.5. The molecule has 0 aliphatic rings. The highest BCUT2D eigenvalue weighted by Crippen LogP contribution is 1.98. The van der Waals surface area contributed by atoms with Crippen LogP contribution in [0.3, 0.4) is 0 Å². The van der Waals surface area contributed by atoms with Crippen molar-refractivity contribution in [3.8, 4) is 0 Å². The summed E-state index contributed by atoms with van der Waals surface area (Å²) in [5, 5.41) is 2.70. The second kappa shape index (κ2) is 10.8. The van der Waals surface area contributed by atoms with E-state index in [1.165, 1.54) is 7.11 Å². The van der Waals surface area contributed by atoms with Crippen LogP contribution in [0.2, 0.25) is 0 Å². The zero-order chi connectivity index (χ0) is 17.8. The van der Waals surface area contributed by atoms with Crippen LogP contribution in [0, 0.1) is 0 Å². The summed E-state index contributed by atoms with van der Waals surface area (Å²) in [4.78, 5) is 45.4. The van der Waals surface area contributed by atoms with E-state index in [0.29, 0.717) is 6.54 Å². The molecule has 130 valence electrons. The van der Waals surface area contributed by atoms with Gasteiger partial charge in [-0.3, -0.25) is 30.0 Å². The topological polar surface area (TPSA) is 114 Å². The normalized spacial score (nSPS) is 9.71. The number of amides is 3. The summed E-state index contributed by atoms with van der Waals surface area (Å²) in [6.07, 6.45) is -0.209. The molecule has 0 unspecified atom stereocenters. The fourth-order valence-electron chi connectivity index (χ4n) is 1.69. The maximum Gasteiger partial charge on any atom is 0.306 e. The van der Waals surface area contributed by atoms with E-state index in [9.17, 15) is 19.2 Å². The Kier molecular flexibility index (Phi) is 8.59. The van der Waals surface area contributed by atoms with Gasteiger partial charge in [-0.15, -0.1) is 0 Å². The Bertz CT molecular complexity index is 574. The van der Waals surface area contributed by atoms with Gasteiger partial charge in [0, 0.05) is 25.8 Å². The average molecular weight is 335 g/mol. The lowest BCUT2D eigenvalue weighted by molar-refractivity contribution is -0.142. The molecule has 0 bridgehead atoms. The monoisotopic (exact) mass is 335 g/mol. The van der Waals surface area contributed by atoms with Gasteiger partial charge >= 0.3 is 5.97 Å². The molecule has 8 nitrogen and oxygen atoms in total. The molecule has 1 aromatic carbocycles. The number of methoxy groups -OCH3 is 1. The molecule has 0 radical (unpaired) electrons. The first-order chi connectivity index (χ1) is 11.5. The van der Waals surface area contributed by atoms with E-state index < -0.39 is 17.8 Å². The minimum absolute atomic E-state index is 0.0106. The van der Waals surface area contributed by atoms with Crippen molar-refractivity contribution in [1.82, 2.24) is 16.2 Å². The third kappa shape index (κ3) is 8.52. The Hall–Kier alpha value is -2.90. The molecule has 0 aliphatic carbocycles. The fourth-order valence-corrected chi connectivity index (χ4v) is 1.69. The Morgan fingerprint density at radius 1 is 0.833 bits per heavy atom. The molecule has 1 aromatic rings. The largest absolute Gasteiger partial charge is 0.469 e. The van der Waals surface area contributed by atoms with Gasteiger partial charge in [0.05, 0.1) is 13.5 Å². The van der Waals surface area contributed by atoms with Gasteiger partial charge in [0.15, 0.2) is 0 Å². The van der Waals surface area contributed by atoms with Gasteiger partial charge in [-0.1, -0.05) is 30.3 Å². The first-order valence-corrected chi connectivity index (χ1v) is 7.46. The Morgan fingerprint density at radius 3 is 1.96 bits per heavy atom. The standard InChI is InChI=1S/C16H21N3O5/c1-24-16(23)10-9-15(22)19-18-14(21)8-7-13(20)17-11-12-5-3-2-4-6-12/h2-6H,7-11H2,1H3,(H,17,20)(H,18,21)(H,19,22). The first-order valence-electron chi connectivity index (χ1n) is 7.46. The van der Waals surface area contributed by atoms with Gasteiger partial charge in [0.1, 0.15) is 0 Å². The molecule has 24 heavy (non-hydrogen) atoms. The second-order valence-corrected chi connectivity index (χ2v) is 4.93. The molecule has 0 aromatic heterocycles. The molecule has 3 N–H and O–H groups in total. The van der Waals surface area contributed by atoms with Crippen LogP contribution in [0.1, 0.15) is 31.2 Å². The summed E-state index contributed by atoms with van der Waals surface area (Å²) in [5.41, 5.74) is 5.31. The van der Waals surface area contributed by atoms with Crippen molar-refractivity contribution in [2.75, 3.05) is 7.11 Å². The Balaban J connectivity index is 2.13. The Morgan fingerprint density at radius 2 is 1.38 bits per heavy atom. The molecule has 0 aliphatic heterocycles. The molecule has 0 spiro atoms. The van der Waals surface area contributed by atoms with Crippen LogP contribution < -0.4 is 16.2 Å². The summed E-state index contributed by atoms with van der Waals surface area (Å²) >= 11 is 0. The third-order valence-electron chi connectivity index (χ3n) is 3.04. The maximum atomic E-state index is 11.6. The third-order valence-corrected chi connectivity index (χ3v) is 3.04. The lowest BCUT2D eigenvalue weighted by Crippen LogP contribution is -2.42. The van der Waals surface area contributed by atoms with E-state index >= 15 is 0 Å². The number of hydrogen-bond donors (Lipinski definition) is 3. The molecule has 0 fully saturated rings. The number of rotatable bonds is 8. The molecule has 0 atom stereocenters. The molecule has 0 saturated carbocycles. The molecule has 3 amide bonds. The van der Waals surface area contributed by atoms with E-state index in [-0.39, 0.29) is 31.6 Å². The zero-order valence-corrected chi connectivity index (χ0v) is 13.5. The highest BCUT2D eigenvalue weighted by Gasteiger charge is 2.09. The van der Waals surface area contributed by atoms with E-state index in [1.807, 2.05) is 30.3 Å². The van der Waals surface area contributed by atoms with Crippen molar-refractivity contribution in [3.05, 3.63) is 35.9 Å². The fraction of sp³-hybridized carbons (Fsp3) is 0.375. The van der Waals surface area contributed by atoms with Gasteiger partial charge in [0.2, 0.25) is 17.7 Å². The summed E-state index contributed by atoms with van der Waals surface area (Å²) in [5.74, 6) is -1.77. The second-order valence-electron chi connectivity index (χ2n) is 4.93. The first kappa shape index (κ1) is 19.1. The van der Waals surface area contributed by atoms with Gasteiger partial charge in [-0.05, 0) is 5.56 Å². The van der Waals surface area contributed by atoms with Crippen molar-refractivity contribution in [2.24, 2.45) is 0 Å². The van der Waals surface area contributed by atoms with Crippen molar-refractivity contribution in [1.29, 1.82) is 0 Å². The van der Waals surface area contributed by atoms with Crippen LogP contribution in [-0.4, -0.2) is 30.8 Å². The van der Waals surface area contributed by atoms with Gasteiger partial charge in [-0.25, -0.2) is 0 Å². The summed E-state index contributed by atoms with van der Waals surface area (Å²) in [7, 11) is 1.23. The van der Waals surface area contributed by atoms with Crippen LogP contribution in [0.5, 0.6) is 0 Å². The van der Waals surface area contributed by atoms with Crippen molar-refractivity contribution >= 4 is 23.7 Å². The lowest BCUT2D eigenvalue weighted by Gasteiger charge is -2.08. The number of esters is 1. The highest BCUT2D eigenvalue weighted by molar-refractivity contribution is 5.86. The van der Waals surface area contributed by atoms with Crippen LogP contribution >= 0.6 is 0 Å². The quantitative estimate of drug-likeness (QED) is 0.463. The lowest BCUT2D eigenvalue weighted by atomic mass is 10.2. The predicted molar refractivity (Wildman–Crippen MR) is 85.1 cm³/mol. The number of hydrogen-bond acceptors (Lipinski definition) is 5. The van der Waals surface area contributed by atoms with Crippen LogP contribution in [-0.2, 0) is 30.5 Å². The van der Waals surface area contributed by atoms with Crippen LogP contribution in [0.25, 0.3) is 0 Å². The van der Waals surface area contributed by atoms with Crippen molar-refractivity contribution in [3.63, 3.8) is 0 Å². The van der Waals surface area contributed by atoms with E-state index in [4.69, 9.17) is 0 Å². The molecular formula is C16H21N3O5.